The summed E-state index contributed by atoms with van der Waals surface area (Å²) in [5.74, 6) is 2.83. The first-order valence-electron chi connectivity index (χ1n) is 7.47. The molecule has 0 saturated carbocycles. The number of hydrogen-bond donors (Lipinski definition) is 0. The molecule has 0 amide bonds. The van der Waals surface area contributed by atoms with Crippen molar-refractivity contribution < 1.29 is 0 Å². The van der Waals surface area contributed by atoms with Gasteiger partial charge in [-0.2, -0.15) is 0 Å². The lowest BCUT2D eigenvalue weighted by molar-refractivity contribution is 0.231. The molecule has 0 atom stereocenters. The van der Waals surface area contributed by atoms with Crippen LogP contribution in [0.1, 0.15) is 39.4 Å². The van der Waals surface area contributed by atoms with Crippen molar-refractivity contribution in [1.82, 2.24) is 14.9 Å². The molecule has 0 unspecified atom stereocenters. The van der Waals surface area contributed by atoms with Crippen molar-refractivity contribution in [2.45, 2.75) is 33.6 Å². The minimum absolute atomic E-state index is 0.301. The maximum Gasteiger partial charge on any atom is 0.135 e. The van der Waals surface area contributed by atoms with E-state index in [-0.39, 0.29) is 0 Å². The van der Waals surface area contributed by atoms with E-state index >= 15 is 0 Å². The molecule has 0 radical (unpaired) electrons. The molecule has 1 aliphatic rings. The highest BCUT2D eigenvalue weighted by Crippen LogP contribution is 2.21. The molecule has 1 aliphatic heterocycles. The van der Waals surface area contributed by atoms with Crippen LogP contribution in [0.4, 0.5) is 5.82 Å². The van der Waals surface area contributed by atoms with Crippen LogP contribution >= 0.6 is 11.6 Å². The van der Waals surface area contributed by atoms with Crippen LogP contribution in [-0.2, 0) is 0 Å². The van der Waals surface area contributed by atoms with Gasteiger partial charge < -0.3 is 4.90 Å². The van der Waals surface area contributed by atoms with Gasteiger partial charge in [-0.25, -0.2) is 9.97 Å². The van der Waals surface area contributed by atoms with Gasteiger partial charge in [0.2, 0.25) is 0 Å². The second-order valence-electron chi connectivity index (χ2n) is 6.24. The van der Waals surface area contributed by atoms with Gasteiger partial charge in [-0.1, -0.05) is 39.3 Å². The van der Waals surface area contributed by atoms with Crippen LogP contribution in [0.5, 0.6) is 0 Å². The Labute approximate surface area is 127 Å². The summed E-state index contributed by atoms with van der Waals surface area (Å²) in [6.07, 6.45) is 0. The van der Waals surface area contributed by atoms with Gasteiger partial charge in [0.1, 0.15) is 16.8 Å². The predicted octanol–water partition coefficient (Wildman–Crippen LogP) is 3.03. The van der Waals surface area contributed by atoms with E-state index in [1.54, 1.807) is 0 Å². The molecule has 1 fully saturated rings. The predicted molar refractivity (Wildman–Crippen MR) is 84.6 cm³/mol. The van der Waals surface area contributed by atoms with Crippen molar-refractivity contribution in [3.05, 3.63) is 17.0 Å². The van der Waals surface area contributed by atoms with Crippen molar-refractivity contribution in [3.63, 3.8) is 0 Å². The molecule has 0 aliphatic carbocycles. The van der Waals surface area contributed by atoms with Gasteiger partial charge in [0, 0.05) is 44.7 Å². The highest BCUT2D eigenvalue weighted by Gasteiger charge is 2.20. The summed E-state index contributed by atoms with van der Waals surface area (Å²) in [7, 11) is 0. The SMILES string of the molecule is CC(C)CN1CCN(c2cc(Cl)nc(C(C)C)n2)CC1. The molecule has 1 aromatic heterocycles. The van der Waals surface area contributed by atoms with E-state index in [9.17, 15) is 0 Å². The van der Waals surface area contributed by atoms with Gasteiger partial charge in [0.05, 0.1) is 0 Å². The lowest BCUT2D eigenvalue weighted by atomic mass is 10.2. The van der Waals surface area contributed by atoms with Crippen molar-refractivity contribution in [2.75, 3.05) is 37.6 Å². The molecular weight excluding hydrogens is 272 g/mol. The fourth-order valence-electron chi connectivity index (χ4n) is 2.52. The number of halogens is 1. The third kappa shape index (κ3) is 4.06. The first-order chi connectivity index (χ1) is 9.45. The molecule has 1 saturated heterocycles. The molecule has 112 valence electrons. The second-order valence-corrected chi connectivity index (χ2v) is 6.63. The Morgan fingerprint density at radius 3 is 2.30 bits per heavy atom. The highest BCUT2D eigenvalue weighted by atomic mass is 35.5. The lowest BCUT2D eigenvalue weighted by Gasteiger charge is -2.36. The molecule has 0 spiro atoms. The average molecular weight is 297 g/mol. The standard InChI is InChI=1S/C15H25ClN4/c1-11(2)10-19-5-7-20(8-6-19)14-9-13(16)17-15(18-14)12(3)4/h9,11-12H,5-8,10H2,1-4H3. The molecule has 0 aromatic carbocycles. The van der Waals surface area contributed by atoms with E-state index in [1.807, 2.05) is 6.07 Å². The molecule has 0 N–H and O–H groups in total. The Morgan fingerprint density at radius 1 is 1.10 bits per heavy atom. The summed E-state index contributed by atoms with van der Waals surface area (Å²) in [6, 6.07) is 1.88. The number of piperazine rings is 1. The van der Waals surface area contributed by atoms with Crippen LogP contribution in [0.15, 0.2) is 6.07 Å². The summed E-state index contributed by atoms with van der Waals surface area (Å²) >= 11 is 6.12. The summed E-state index contributed by atoms with van der Waals surface area (Å²) in [5.41, 5.74) is 0. The van der Waals surface area contributed by atoms with E-state index < -0.39 is 0 Å². The van der Waals surface area contributed by atoms with Crippen LogP contribution in [0.3, 0.4) is 0 Å². The van der Waals surface area contributed by atoms with Crippen LogP contribution in [-0.4, -0.2) is 47.6 Å². The van der Waals surface area contributed by atoms with Gasteiger partial charge in [0.25, 0.3) is 0 Å². The Bertz CT molecular complexity index is 439. The Hall–Kier alpha value is -0.870. The molecule has 2 rings (SSSR count). The third-order valence-corrected chi connectivity index (χ3v) is 3.73. The van der Waals surface area contributed by atoms with Crippen LogP contribution in [0, 0.1) is 5.92 Å². The van der Waals surface area contributed by atoms with E-state index in [1.165, 1.54) is 6.54 Å². The number of nitrogens with zero attached hydrogens (tertiary/aromatic N) is 4. The molecule has 1 aromatic rings. The summed E-state index contributed by atoms with van der Waals surface area (Å²) in [5, 5.41) is 0.545. The molecule has 4 nitrogen and oxygen atoms in total. The highest BCUT2D eigenvalue weighted by molar-refractivity contribution is 6.29. The van der Waals surface area contributed by atoms with E-state index in [2.05, 4.69) is 47.5 Å². The van der Waals surface area contributed by atoms with E-state index in [0.29, 0.717) is 11.1 Å². The maximum absolute atomic E-state index is 6.12. The lowest BCUT2D eigenvalue weighted by Crippen LogP contribution is -2.47. The zero-order valence-electron chi connectivity index (χ0n) is 12.9. The van der Waals surface area contributed by atoms with Gasteiger partial charge >= 0.3 is 0 Å². The minimum atomic E-state index is 0.301. The van der Waals surface area contributed by atoms with Crippen molar-refractivity contribution >= 4 is 17.4 Å². The number of aromatic nitrogens is 2. The van der Waals surface area contributed by atoms with Crippen molar-refractivity contribution in [1.29, 1.82) is 0 Å². The Kier molecular flexibility index (Phi) is 5.22. The van der Waals surface area contributed by atoms with E-state index in [4.69, 9.17) is 11.6 Å². The van der Waals surface area contributed by atoms with Gasteiger partial charge in [-0.15, -0.1) is 0 Å². The Morgan fingerprint density at radius 2 is 1.75 bits per heavy atom. The average Bonchev–Trinajstić information content (AvgIpc) is 2.38. The van der Waals surface area contributed by atoms with Crippen molar-refractivity contribution in [2.24, 2.45) is 5.92 Å². The first-order valence-corrected chi connectivity index (χ1v) is 7.85. The topological polar surface area (TPSA) is 32.3 Å². The zero-order valence-corrected chi connectivity index (χ0v) is 13.7. The fourth-order valence-corrected chi connectivity index (χ4v) is 2.70. The fraction of sp³-hybridized carbons (Fsp3) is 0.733. The molecule has 5 heteroatoms. The van der Waals surface area contributed by atoms with Crippen LogP contribution in [0.2, 0.25) is 5.15 Å². The third-order valence-electron chi connectivity index (χ3n) is 3.53. The summed E-state index contributed by atoms with van der Waals surface area (Å²) < 4.78 is 0. The molecular formula is C15H25ClN4. The van der Waals surface area contributed by atoms with Gasteiger partial charge in [-0.05, 0) is 5.92 Å². The normalized spacial score (nSPS) is 17.2. The van der Waals surface area contributed by atoms with Crippen LogP contribution in [0.25, 0.3) is 0 Å². The van der Waals surface area contributed by atoms with E-state index in [0.717, 1.165) is 43.7 Å². The zero-order chi connectivity index (χ0) is 14.7. The van der Waals surface area contributed by atoms with Crippen molar-refractivity contribution in [3.8, 4) is 0 Å². The Balaban J connectivity index is 2.03. The van der Waals surface area contributed by atoms with Gasteiger partial charge in [-0.3, -0.25) is 4.90 Å². The molecule has 0 bridgehead atoms. The summed E-state index contributed by atoms with van der Waals surface area (Å²) in [6.45, 7) is 14.1. The number of rotatable bonds is 4. The minimum Gasteiger partial charge on any atom is -0.354 e. The summed E-state index contributed by atoms with van der Waals surface area (Å²) in [4.78, 5) is 13.8. The monoisotopic (exact) mass is 296 g/mol. The van der Waals surface area contributed by atoms with Crippen LogP contribution < -0.4 is 4.90 Å². The quantitative estimate of drug-likeness (QED) is 0.800. The molecule has 20 heavy (non-hydrogen) atoms. The maximum atomic E-state index is 6.12. The van der Waals surface area contributed by atoms with Gasteiger partial charge in [0.15, 0.2) is 0 Å². The number of hydrogen-bond acceptors (Lipinski definition) is 4. The first kappa shape index (κ1) is 15.5. The number of anilines is 1. The largest absolute Gasteiger partial charge is 0.354 e. The smallest absolute Gasteiger partial charge is 0.135 e. The molecule has 2 heterocycles. The second kappa shape index (κ2) is 6.72.